The zero-order valence-electron chi connectivity index (χ0n) is 25.3. The van der Waals surface area contributed by atoms with Gasteiger partial charge in [-0.25, -0.2) is 4.79 Å². The highest BCUT2D eigenvalue weighted by atomic mass is 16.7. The van der Waals surface area contributed by atoms with Crippen LogP contribution in [-0.4, -0.2) is 70.6 Å². The molecule has 0 aromatic carbocycles. The molecule has 2 saturated heterocycles. The van der Waals surface area contributed by atoms with Crippen LogP contribution < -0.4 is 5.32 Å². The van der Waals surface area contributed by atoms with E-state index in [4.69, 9.17) is 14.0 Å². The Balaban J connectivity index is 1.16. The molecule has 2 heterocycles. The van der Waals surface area contributed by atoms with E-state index in [1.54, 1.807) is 0 Å². The fourth-order valence-corrected chi connectivity index (χ4v) is 11.1. The molecule has 6 bridgehead atoms. The smallest absolute Gasteiger partial charge is 0.444 e. The normalized spacial score (nSPS) is 47.1. The van der Waals surface area contributed by atoms with Gasteiger partial charge in [0.25, 0.3) is 0 Å². The number of carbonyl (C=O) groups excluding carboxylic acids is 2. The molecule has 0 aromatic heterocycles. The predicted octanol–water partition coefficient (Wildman–Crippen LogP) is 4.47. The molecule has 222 valence electrons. The Bertz CT molecular complexity index is 1080. The summed E-state index contributed by atoms with van der Waals surface area (Å²) in [6.07, 6.45) is 8.48. The predicted molar refractivity (Wildman–Crippen MR) is 150 cm³/mol. The average molecular weight is 557 g/mol. The van der Waals surface area contributed by atoms with Crippen LogP contribution in [0.5, 0.6) is 0 Å². The molecule has 8 atom stereocenters. The summed E-state index contributed by atoms with van der Waals surface area (Å²) >= 11 is 0. The van der Waals surface area contributed by atoms with Gasteiger partial charge in [0, 0.05) is 12.0 Å². The topological polar surface area (TPSA) is 97.3 Å². The summed E-state index contributed by atoms with van der Waals surface area (Å²) in [6.45, 7) is 13.1. The van der Waals surface area contributed by atoms with Crippen molar-refractivity contribution in [1.29, 1.82) is 0 Å². The Labute approximate surface area is 239 Å². The number of nitrogens with zero attached hydrogens (tertiary/aromatic N) is 1. The third-order valence-electron chi connectivity index (χ3n) is 12.5. The Morgan fingerprint density at radius 2 is 1.77 bits per heavy atom. The highest BCUT2D eigenvalue weighted by Gasteiger charge is 2.69. The number of hydrogen-bond acceptors (Lipinski definition) is 6. The zero-order chi connectivity index (χ0) is 28.5. The molecule has 2 amide bonds. The minimum Gasteiger partial charge on any atom is -0.444 e. The molecule has 7 saturated carbocycles. The van der Waals surface area contributed by atoms with E-state index in [9.17, 15) is 14.7 Å². The Morgan fingerprint density at radius 1 is 1.07 bits per heavy atom. The van der Waals surface area contributed by atoms with Gasteiger partial charge >= 0.3 is 13.2 Å². The second-order valence-corrected chi connectivity index (χ2v) is 16.7. The van der Waals surface area contributed by atoms with Crippen molar-refractivity contribution in [2.24, 2.45) is 34.5 Å². The maximum atomic E-state index is 14.7. The van der Waals surface area contributed by atoms with Gasteiger partial charge < -0.3 is 29.4 Å². The number of hydrogen-bond donors (Lipinski definition) is 2. The molecule has 2 aliphatic heterocycles. The SMILES string of the molecule is CC(C)(C)OC(=O)N[C@H](C(=O)N1CCC[C@H]1B1O[C@@H]2CC3CC(C3(C)C)[C@]2(C)O1)C12CC3CC(CC(O)(C3)C1)C2. The number of carbonyl (C=O) groups is 2. The van der Waals surface area contributed by atoms with Crippen LogP contribution in [0.4, 0.5) is 4.79 Å². The number of rotatable bonds is 4. The molecular weight excluding hydrogens is 507 g/mol. The van der Waals surface area contributed by atoms with Gasteiger partial charge in [-0.05, 0) is 121 Å². The maximum absolute atomic E-state index is 14.7. The fourth-order valence-electron chi connectivity index (χ4n) is 11.1. The number of ether oxygens (including phenoxy) is 1. The summed E-state index contributed by atoms with van der Waals surface area (Å²) in [6, 6.07) is -0.730. The molecule has 9 heteroatoms. The van der Waals surface area contributed by atoms with Gasteiger partial charge in [0.15, 0.2) is 0 Å². The summed E-state index contributed by atoms with van der Waals surface area (Å²) < 4.78 is 19.2. The first kappa shape index (κ1) is 27.5. The molecule has 7 aliphatic carbocycles. The molecule has 0 aromatic rings. The van der Waals surface area contributed by atoms with Crippen molar-refractivity contribution < 1.29 is 28.7 Å². The Morgan fingerprint density at radius 3 is 2.40 bits per heavy atom. The lowest BCUT2D eigenvalue weighted by atomic mass is 9.43. The van der Waals surface area contributed by atoms with Crippen molar-refractivity contribution in [3.8, 4) is 0 Å². The third-order valence-corrected chi connectivity index (χ3v) is 12.5. The molecule has 40 heavy (non-hydrogen) atoms. The largest absolute Gasteiger partial charge is 0.481 e. The Hall–Kier alpha value is -1.32. The molecule has 4 unspecified atom stereocenters. The maximum Gasteiger partial charge on any atom is 0.481 e. The van der Waals surface area contributed by atoms with E-state index in [1.165, 1.54) is 6.42 Å². The van der Waals surface area contributed by atoms with Gasteiger partial charge in [-0.2, -0.15) is 0 Å². The molecule has 0 spiro atoms. The van der Waals surface area contributed by atoms with Gasteiger partial charge in [0.2, 0.25) is 5.91 Å². The number of aliphatic hydroxyl groups is 1. The van der Waals surface area contributed by atoms with Crippen molar-refractivity contribution in [2.45, 2.75) is 141 Å². The molecule has 9 fully saturated rings. The van der Waals surface area contributed by atoms with E-state index >= 15 is 0 Å². The first-order valence-electron chi connectivity index (χ1n) is 16.0. The first-order valence-corrected chi connectivity index (χ1v) is 16.0. The van der Waals surface area contributed by atoms with Crippen LogP contribution in [-0.2, 0) is 18.8 Å². The minimum absolute atomic E-state index is 0.0595. The third kappa shape index (κ3) is 4.10. The molecule has 8 nitrogen and oxygen atoms in total. The molecular formula is C31H49BN2O6. The second kappa shape index (κ2) is 8.62. The molecule has 2 N–H and O–H groups in total. The monoisotopic (exact) mass is 556 g/mol. The van der Waals surface area contributed by atoms with Crippen molar-refractivity contribution in [2.75, 3.05) is 6.54 Å². The summed E-state index contributed by atoms with van der Waals surface area (Å²) in [7, 11) is -0.445. The summed E-state index contributed by atoms with van der Waals surface area (Å²) in [4.78, 5) is 29.8. The second-order valence-electron chi connectivity index (χ2n) is 16.7. The lowest BCUT2D eigenvalue weighted by molar-refractivity contribution is -0.199. The molecule has 9 rings (SSSR count). The van der Waals surface area contributed by atoms with Gasteiger partial charge in [-0.1, -0.05) is 13.8 Å². The van der Waals surface area contributed by atoms with Gasteiger partial charge in [-0.15, -0.1) is 0 Å². The number of alkyl carbamates (subject to hydrolysis) is 1. The average Bonchev–Trinajstić information content (AvgIpc) is 3.43. The zero-order valence-corrected chi connectivity index (χ0v) is 25.3. The highest BCUT2D eigenvalue weighted by Crippen LogP contribution is 2.66. The molecule has 9 aliphatic rings. The van der Waals surface area contributed by atoms with Crippen molar-refractivity contribution >= 4 is 19.1 Å². The van der Waals surface area contributed by atoms with E-state index in [2.05, 4.69) is 26.1 Å². The first-order chi connectivity index (χ1) is 18.6. The van der Waals surface area contributed by atoms with E-state index in [0.29, 0.717) is 36.6 Å². The number of likely N-dealkylation sites (tertiary alicyclic amines) is 1. The van der Waals surface area contributed by atoms with Crippen LogP contribution in [0.1, 0.15) is 106 Å². The van der Waals surface area contributed by atoms with Gasteiger partial charge in [0.1, 0.15) is 11.6 Å². The van der Waals surface area contributed by atoms with Crippen molar-refractivity contribution in [3.05, 3.63) is 0 Å². The Kier molecular flexibility index (Phi) is 5.93. The van der Waals surface area contributed by atoms with E-state index in [-0.39, 0.29) is 29.0 Å². The van der Waals surface area contributed by atoms with Crippen LogP contribution >= 0.6 is 0 Å². The van der Waals surface area contributed by atoms with Gasteiger partial charge in [-0.3, -0.25) is 4.79 Å². The standard InChI is InChI=1S/C31H49BN2O6/c1-27(2,3)38-26(36)33-24(30-13-18-10-19(14-30)16-31(37,15-18)17-30)25(35)34-9-7-8-23(34)32-39-22-12-20-11-21(28(20,4)5)29(22,6)40-32/h18-24,37H,7-17H2,1-6H3,(H,33,36)/t18?,19?,20?,21?,22-,23+,24-,29+,30?,31?/m1/s1. The van der Waals surface area contributed by atoms with Gasteiger partial charge in [0.05, 0.1) is 23.2 Å². The van der Waals surface area contributed by atoms with E-state index in [1.807, 2.05) is 25.7 Å². The number of amides is 2. The summed E-state index contributed by atoms with van der Waals surface area (Å²) in [5, 5.41) is 14.6. The fraction of sp³-hybridized carbons (Fsp3) is 0.935. The van der Waals surface area contributed by atoms with Crippen LogP contribution in [0.2, 0.25) is 0 Å². The van der Waals surface area contributed by atoms with Crippen LogP contribution in [0, 0.1) is 34.5 Å². The quantitative estimate of drug-likeness (QED) is 0.496. The lowest BCUT2D eigenvalue weighted by Crippen LogP contribution is -2.67. The van der Waals surface area contributed by atoms with Crippen LogP contribution in [0.15, 0.2) is 0 Å². The highest BCUT2D eigenvalue weighted by molar-refractivity contribution is 6.48. The molecule has 0 radical (unpaired) electrons. The van der Waals surface area contributed by atoms with E-state index in [0.717, 1.165) is 51.4 Å². The van der Waals surface area contributed by atoms with Crippen LogP contribution in [0.3, 0.4) is 0 Å². The van der Waals surface area contributed by atoms with E-state index < -0.39 is 35.9 Å². The van der Waals surface area contributed by atoms with Crippen molar-refractivity contribution in [1.82, 2.24) is 10.2 Å². The number of nitrogens with one attached hydrogen (secondary N) is 1. The summed E-state index contributed by atoms with van der Waals surface area (Å²) in [5.74, 6) is 1.70. The van der Waals surface area contributed by atoms with Crippen molar-refractivity contribution in [3.63, 3.8) is 0 Å². The van der Waals surface area contributed by atoms with Crippen LogP contribution in [0.25, 0.3) is 0 Å². The lowest BCUT2D eigenvalue weighted by Gasteiger charge is -2.64. The minimum atomic E-state index is -0.738. The summed E-state index contributed by atoms with van der Waals surface area (Å²) in [5.41, 5.74) is -1.92.